The lowest BCUT2D eigenvalue weighted by atomic mass is 9.86. The lowest BCUT2D eigenvalue weighted by Crippen LogP contribution is -2.19. The molecule has 2 aromatic rings. The Bertz CT molecular complexity index is 810. The number of methoxy groups -OCH3 is 2. The summed E-state index contributed by atoms with van der Waals surface area (Å²) >= 11 is 0. The Morgan fingerprint density at radius 1 is 1.25 bits per heavy atom. The van der Waals surface area contributed by atoms with Crippen molar-refractivity contribution in [3.63, 3.8) is 0 Å². The topological polar surface area (TPSA) is 88.6 Å². The number of carbonyl (C=O) groups is 1. The third-order valence-corrected chi connectivity index (χ3v) is 5.24. The van der Waals surface area contributed by atoms with E-state index in [0.29, 0.717) is 23.8 Å². The normalized spacial score (nSPS) is 14.9. The minimum absolute atomic E-state index is 0.0435. The number of nitrogens with one attached hydrogen (secondary N) is 2. The summed E-state index contributed by atoms with van der Waals surface area (Å²) in [5.41, 5.74) is 5.08. The molecule has 0 saturated heterocycles. The molecule has 1 aliphatic carbocycles. The van der Waals surface area contributed by atoms with E-state index in [4.69, 9.17) is 9.47 Å². The fourth-order valence-electron chi connectivity index (χ4n) is 3.66. The average Bonchev–Trinajstić information content (AvgIpc) is 3.21. The molecule has 1 saturated carbocycles. The number of hydrogen-bond acceptors (Lipinski definition) is 5. The lowest BCUT2D eigenvalue weighted by molar-refractivity contribution is -0.121. The van der Waals surface area contributed by atoms with Crippen molar-refractivity contribution < 1.29 is 14.3 Å². The number of rotatable bonds is 8. The number of benzene rings is 1. The van der Waals surface area contributed by atoms with Gasteiger partial charge in [0, 0.05) is 17.5 Å². The molecule has 28 heavy (non-hydrogen) atoms. The highest BCUT2D eigenvalue weighted by atomic mass is 16.5. The summed E-state index contributed by atoms with van der Waals surface area (Å²) in [6, 6.07) is 5.62. The van der Waals surface area contributed by atoms with Crippen molar-refractivity contribution in [1.29, 1.82) is 0 Å². The lowest BCUT2D eigenvalue weighted by Gasteiger charge is -2.20. The number of aromatic amines is 1. The summed E-state index contributed by atoms with van der Waals surface area (Å²) in [5.74, 6) is 1.94. The molecule has 7 nitrogen and oxygen atoms in total. The van der Waals surface area contributed by atoms with Crippen LogP contribution in [0.2, 0.25) is 0 Å². The summed E-state index contributed by atoms with van der Waals surface area (Å²) in [4.78, 5) is 12.0. The van der Waals surface area contributed by atoms with Crippen LogP contribution in [0.5, 0.6) is 11.5 Å². The Morgan fingerprint density at radius 2 is 2.04 bits per heavy atom. The van der Waals surface area contributed by atoms with Gasteiger partial charge in [0.25, 0.3) is 0 Å². The summed E-state index contributed by atoms with van der Waals surface area (Å²) < 4.78 is 10.6. The maximum atomic E-state index is 12.0. The molecule has 1 fully saturated rings. The van der Waals surface area contributed by atoms with Gasteiger partial charge in [-0.25, -0.2) is 5.43 Å². The molecule has 1 aromatic heterocycles. The molecular weight excluding hydrogens is 356 g/mol. The predicted octanol–water partition coefficient (Wildman–Crippen LogP) is 3.90. The van der Waals surface area contributed by atoms with E-state index in [2.05, 4.69) is 20.7 Å². The molecule has 0 unspecified atom stereocenters. The highest BCUT2D eigenvalue weighted by molar-refractivity contribution is 5.89. The fraction of sp³-hybridized carbons (Fsp3) is 0.476. The molecule has 3 rings (SSSR count). The van der Waals surface area contributed by atoms with Crippen molar-refractivity contribution in [2.45, 2.75) is 44.9 Å². The molecule has 1 amide bonds. The highest BCUT2D eigenvalue weighted by Gasteiger charge is 2.15. The van der Waals surface area contributed by atoms with Gasteiger partial charge in [-0.3, -0.25) is 9.89 Å². The quantitative estimate of drug-likeness (QED) is 0.533. The van der Waals surface area contributed by atoms with Gasteiger partial charge in [0.05, 0.1) is 32.3 Å². The number of H-pyrrole nitrogens is 1. The number of amides is 1. The van der Waals surface area contributed by atoms with E-state index < -0.39 is 0 Å². The monoisotopic (exact) mass is 384 g/mol. The van der Waals surface area contributed by atoms with E-state index in [9.17, 15) is 4.79 Å². The summed E-state index contributed by atoms with van der Waals surface area (Å²) in [6.45, 7) is 0. The van der Waals surface area contributed by atoms with Crippen molar-refractivity contribution in [2.24, 2.45) is 11.0 Å². The molecule has 1 aliphatic rings. The van der Waals surface area contributed by atoms with E-state index >= 15 is 0 Å². The predicted molar refractivity (Wildman–Crippen MR) is 109 cm³/mol. The zero-order chi connectivity index (χ0) is 19.8. The molecule has 0 radical (unpaired) electrons. The summed E-state index contributed by atoms with van der Waals surface area (Å²) in [6.07, 6.45) is 11.2. The zero-order valence-electron chi connectivity index (χ0n) is 16.5. The SMILES string of the molecule is COc1ccc(-c2[nH]ncc2C=NNC(=O)CCC2CCCCC2)cc1OC. The Labute approximate surface area is 165 Å². The van der Waals surface area contributed by atoms with Gasteiger partial charge in [0.1, 0.15) is 0 Å². The van der Waals surface area contributed by atoms with Crippen LogP contribution in [0.3, 0.4) is 0 Å². The third kappa shape index (κ3) is 5.12. The first-order chi connectivity index (χ1) is 13.7. The van der Waals surface area contributed by atoms with Gasteiger partial charge in [-0.15, -0.1) is 0 Å². The zero-order valence-corrected chi connectivity index (χ0v) is 16.5. The van der Waals surface area contributed by atoms with Gasteiger partial charge < -0.3 is 9.47 Å². The number of ether oxygens (including phenoxy) is 2. The van der Waals surface area contributed by atoms with Crippen molar-refractivity contribution in [3.8, 4) is 22.8 Å². The molecule has 1 aromatic carbocycles. The molecule has 0 aliphatic heterocycles. The van der Waals surface area contributed by atoms with E-state index in [1.807, 2.05) is 18.2 Å². The number of hydrazone groups is 1. The van der Waals surface area contributed by atoms with Gasteiger partial charge in [-0.2, -0.15) is 10.2 Å². The van der Waals surface area contributed by atoms with Crippen LogP contribution < -0.4 is 14.9 Å². The molecule has 2 N–H and O–H groups in total. The van der Waals surface area contributed by atoms with Gasteiger partial charge in [0.15, 0.2) is 11.5 Å². The Balaban J connectivity index is 1.58. The van der Waals surface area contributed by atoms with E-state index in [1.54, 1.807) is 26.6 Å². The van der Waals surface area contributed by atoms with Crippen LogP contribution in [0.25, 0.3) is 11.3 Å². The standard InChI is InChI=1S/C21H28N4O3/c1-27-18-10-9-16(12-19(18)28-2)21-17(14-23-25-21)13-22-24-20(26)11-8-15-6-4-3-5-7-15/h9-10,12-15H,3-8,11H2,1-2H3,(H,23,25)(H,24,26). The van der Waals surface area contributed by atoms with Crippen LogP contribution in [0.4, 0.5) is 0 Å². The van der Waals surface area contributed by atoms with Crippen LogP contribution in [-0.2, 0) is 4.79 Å². The molecular formula is C21H28N4O3. The molecule has 0 atom stereocenters. The average molecular weight is 384 g/mol. The van der Waals surface area contributed by atoms with E-state index in [0.717, 1.165) is 23.2 Å². The van der Waals surface area contributed by atoms with Crippen molar-refractivity contribution >= 4 is 12.1 Å². The third-order valence-electron chi connectivity index (χ3n) is 5.24. The molecule has 1 heterocycles. The summed E-state index contributed by atoms with van der Waals surface area (Å²) in [5, 5.41) is 11.2. The maximum absolute atomic E-state index is 12.0. The van der Waals surface area contributed by atoms with Crippen LogP contribution in [-0.4, -0.2) is 36.5 Å². The van der Waals surface area contributed by atoms with Gasteiger partial charge in [0.2, 0.25) is 5.91 Å². The van der Waals surface area contributed by atoms with Crippen LogP contribution in [0.15, 0.2) is 29.5 Å². The number of aromatic nitrogens is 2. The Morgan fingerprint density at radius 3 is 2.79 bits per heavy atom. The first-order valence-corrected chi connectivity index (χ1v) is 9.79. The van der Waals surface area contributed by atoms with Gasteiger partial charge in [-0.1, -0.05) is 32.1 Å². The maximum Gasteiger partial charge on any atom is 0.240 e. The first-order valence-electron chi connectivity index (χ1n) is 9.79. The number of nitrogens with zero attached hydrogens (tertiary/aromatic N) is 2. The first kappa shape index (κ1) is 19.9. The van der Waals surface area contributed by atoms with Crippen molar-refractivity contribution in [2.75, 3.05) is 14.2 Å². The van der Waals surface area contributed by atoms with Crippen LogP contribution in [0.1, 0.15) is 50.5 Å². The largest absolute Gasteiger partial charge is 0.493 e. The minimum atomic E-state index is -0.0435. The van der Waals surface area contributed by atoms with E-state index in [-0.39, 0.29) is 5.91 Å². The van der Waals surface area contributed by atoms with Crippen molar-refractivity contribution in [1.82, 2.24) is 15.6 Å². The number of carbonyl (C=O) groups excluding carboxylic acids is 1. The van der Waals surface area contributed by atoms with Crippen molar-refractivity contribution in [3.05, 3.63) is 30.0 Å². The highest BCUT2D eigenvalue weighted by Crippen LogP contribution is 2.32. The van der Waals surface area contributed by atoms with Gasteiger partial charge in [-0.05, 0) is 30.5 Å². The second kappa shape index (κ2) is 9.92. The number of hydrogen-bond donors (Lipinski definition) is 2. The Hall–Kier alpha value is -2.83. The molecule has 150 valence electrons. The van der Waals surface area contributed by atoms with Crippen LogP contribution >= 0.6 is 0 Å². The van der Waals surface area contributed by atoms with Gasteiger partial charge >= 0.3 is 0 Å². The molecule has 0 bridgehead atoms. The Kier molecular flexibility index (Phi) is 7.06. The second-order valence-corrected chi connectivity index (χ2v) is 7.11. The van der Waals surface area contributed by atoms with E-state index in [1.165, 1.54) is 32.1 Å². The summed E-state index contributed by atoms with van der Waals surface area (Å²) in [7, 11) is 3.20. The van der Waals surface area contributed by atoms with Crippen LogP contribution in [0, 0.1) is 5.92 Å². The fourth-order valence-corrected chi connectivity index (χ4v) is 3.66. The minimum Gasteiger partial charge on any atom is -0.493 e. The molecule has 7 heteroatoms. The molecule has 0 spiro atoms. The second-order valence-electron chi connectivity index (χ2n) is 7.11. The smallest absolute Gasteiger partial charge is 0.240 e.